The molecule has 14 nitrogen and oxygen atoms in total. The van der Waals surface area contributed by atoms with Crippen molar-refractivity contribution in [3.8, 4) is 0 Å². The van der Waals surface area contributed by atoms with Crippen molar-refractivity contribution < 1.29 is 24.0 Å². The lowest BCUT2D eigenvalue weighted by Gasteiger charge is -2.28. The van der Waals surface area contributed by atoms with Crippen LogP contribution in [0.2, 0.25) is 0 Å². The van der Waals surface area contributed by atoms with E-state index in [-0.39, 0.29) is 36.0 Å². The SMILES string of the molecule is CC/C=C\CCC(=O)NCCCCN(CCCNC(=O)CCCCCCC/C=C\CCCCCCCC)C(=O)CN(CCCCC(=O)[C@@H](N)CCCCN)CCCNC(=O)[C@@H](N)CCCCN. The predicted octanol–water partition coefficient (Wildman–Crippen LogP) is 7.46. The molecule has 0 aliphatic heterocycles. The highest BCUT2D eigenvalue weighted by Crippen LogP contribution is 2.11. The van der Waals surface area contributed by atoms with Gasteiger partial charge in [0.25, 0.3) is 0 Å². The van der Waals surface area contributed by atoms with E-state index >= 15 is 0 Å². The van der Waals surface area contributed by atoms with Crippen LogP contribution in [-0.2, 0) is 24.0 Å². The predicted molar refractivity (Wildman–Crippen MR) is 279 cm³/mol. The van der Waals surface area contributed by atoms with Crippen molar-refractivity contribution in [3.63, 3.8) is 0 Å². The molecule has 0 aromatic carbocycles. The van der Waals surface area contributed by atoms with Crippen molar-refractivity contribution in [1.29, 1.82) is 0 Å². The highest BCUT2D eigenvalue weighted by Gasteiger charge is 2.19. The van der Waals surface area contributed by atoms with Crippen LogP contribution in [0, 0.1) is 0 Å². The largest absolute Gasteiger partial charge is 0.356 e. The summed E-state index contributed by atoms with van der Waals surface area (Å²) >= 11 is 0. The molecule has 0 unspecified atom stereocenters. The van der Waals surface area contributed by atoms with Gasteiger partial charge in [-0.2, -0.15) is 0 Å². The second-order valence-corrected chi connectivity index (χ2v) is 18.5. The molecule has 0 heterocycles. The molecule has 4 amide bonds. The molecule has 11 N–H and O–H groups in total. The molecule has 2 atom stereocenters. The van der Waals surface area contributed by atoms with Crippen molar-refractivity contribution in [2.24, 2.45) is 22.9 Å². The summed E-state index contributed by atoms with van der Waals surface area (Å²) in [5.41, 5.74) is 23.4. The van der Waals surface area contributed by atoms with Gasteiger partial charge in [-0.1, -0.05) is 102 Å². The quantitative estimate of drug-likeness (QED) is 0.0235. The maximum atomic E-state index is 14.0. The maximum Gasteiger partial charge on any atom is 0.236 e. The molecule has 0 saturated heterocycles. The van der Waals surface area contributed by atoms with Gasteiger partial charge in [-0.3, -0.25) is 28.9 Å². The van der Waals surface area contributed by atoms with E-state index in [0.29, 0.717) is 110 Å². The van der Waals surface area contributed by atoms with E-state index in [4.69, 9.17) is 22.9 Å². The Bertz CT molecular complexity index is 1250. The molecule has 0 aliphatic rings. The summed E-state index contributed by atoms with van der Waals surface area (Å²) in [5.74, 6) is -0.0459. The molecule has 0 aliphatic carbocycles. The average Bonchev–Trinajstić information content (AvgIpc) is 3.31. The maximum absolute atomic E-state index is 14.0. The molecule has 0 radical (unpaired) electrons. The smallest absolute Gasteiger partial charge is 0.236 e. The molecule has 0 fully saturated rings. The van der Waals surface area contributed by atoms with Crippen LogP contribution in [0.15, 0.2) is 24.3 Å². The highest BCUT2D eigenvalue weighted by atomic mass is 16.2. The van der Waals surface area contributed by atoms with Crippen LogP contribution < -0.4 is 38.9 Å². The molecular formula is C53H103N9O5. The van der Waals surface area contributed by atoms with Crippen molar-refractivity contribution in [3.05, 3.63) is 24.3 Å². The minimum atomic E-state index is -0.579. The zero-order chi connectivity index (χ0) is 49.4. The van der Waals surface area contributed by atoms with Crippen molar-refractivity contribution in [1.82, 2.24) is 25.8 Å². The number of carbonyl (C=O) groups is 5. The van der Waals surface area contributed by atoms with Crippen molar-refractivity contribution in [2.75, 3.05) is 65.4 Å². The number of rotatable bonds is 49. The first-order valence-corrected chi connectivity index (χ1v) is 27.1. The average molecular weight is 946 g/mol. The third kappa shape index (κ3) is 41.5. The van der Waals surface area contributed by atoms with Gasteiger partial charge in [0.05, 0.1) is 18.6 Å². The van der Waals surface area contributed by atoms with Crippen LogP contribution in [0.5, 0.6) is 0 Å². The first kappa shape index (κ1) is 63.8. The van der Waals surface area contributed by atoms with Gasteiger partial charge < -0.3 is 43.8 Å². The van der Waals surface area contributed by atoms with Gasteiger partial charge in [0.2, 0.25) is 23.6 Å². The summed E-state index contributed by atoms with van der Waals surface area (Å²) in [6.45, 7) is 9.41. The Morgan fingerprint density at radius 1 is 0.478 bits per heavy atom. The molecule has 0 aromatic rings. The number of ketones is 1. The lowest BCUT2D eigenvalue weighted by atomic mass is 10.0. The summed E-state index contributed by atoms with van der Waals surface area (Å²) < 4.78 is 0. The Kier molecular flexibility index (Phi) is 45.6. The van der Waals surface area contributed by atoms with E-state index in [9.17, 15) is 24.0 Å². The lowest BCUT2D eigenvalue weighted by Crippen LogP contribution is -2.44. The van der Waals surface area contributed by atoms with Gasteiger partial charge in [-0.15, -0.1) is 0 Å². The Labute approximate surface area is 409 Å². The summed E-state index contributed by atoms with van der Waals surface area (Å²) in [6, 6.07) is -1.05. The van der Waals surface area contributed by atoms with Crippen LogP contribution in [-0.4, -0.2) is 117 Å². The Morgan fingerprint density at radius 2 is 0.985 bits per heavy atom. The molecule has 390 valence electrons. The number of nitrogens with one attached hydrogen (secondary N) is 3. The standard InChI is InChI=1S/C53H103N9O5/c1-3-5-7-9-10-11-12-13-14-15-16-17-18-19-21-36-51(65)59-40-31-45-62(44-29-27-39-58-50(64)35-20-8-6-4-2)52(66)46-61(42-28-24-34-49(63)47(56)32-22-25-37-54)43-30-41-60-53(67)48(57)33-23-26-38-55/h6,8,13-14,47-48H,3-5,7,9-12,15-46,54-57H2,1-2H3,(H,58,64)(H,59,65)(H,60,67)/b8-6-,14-13-/t47-,48-/m0/s1. The monoisotopic (exact) mass is 946 g/mol. The molecule has 0 aromatic heterocycles. The molecule has 67 heavy (non-hydrogen) atoms. The van der Waals surface area contributed by atoms with Gasteiger partial charge in [0.15, 0.2) is 0 Å². The van der Waals surface area contributed by atoms with Crippen LogP contribution in [0.25, 0.3) is 0 Å². The van der Waals surface area contributed by atoms with E-state index in [1.54, 1.807) is 0 Å². The lowest BCUT2D eigenvalue weighted by molar-refractivity contribution is -0.133. The summed E-state index contributed by atoms with van der Waals surface area (Å²) in [6.07, 6.45) is 36.4. The van der Waals surface area contributed by atoms with E-state index in [2.05, 4.69) is 52.9 Å². The van der Waals surface area contributed by atoms with Crippen LogP contribution >= 0.6 is 0 Å². The number of nitrogens with two attached hydrogens (primary N) is 4. The highest BCUT2D eigenvalue weighted by molar-refractivity contribution is 5.83. The second kappa shape index (κ2) is 47.9. The fourth-order valence-corrected chi connectivity index (χ4v) is 7.88. The summed E-state index contributed by atoms with van der Waals surface area (Å²) in [4.78, 5) is 68.4. The molecular weight excluding hydrogens is 843 g/mol. The van der Waals surface area contributed by atoms with Gasteiger partial charge >= 0.3 is 0 Å². The molecule has 14 heteroatoms. The summed E-state index contributed by atoms with van der Waals surface area (Å²) in [5, 5.41) is 9.03. The van der Waals surface area contributed by atoms with Crippen molar-refractivity contribution in [2.45, 2.75) is 219 Å². The Morgan fingerprint density at radius 3 is 1.64 bits per heavy atom. The Balaban J connectivity index is 5.21. The fourth-order valence-electron chi connectivity index (χ4n) is 7.88. The summed E-state index contributed by atoms with van der Waals surface area (Å²) in [7, 11) is 0. The number of nitrogens with zero attached hydrogens (tertiary/aromatic N) is 2. The normalized spacial score (nSPS) is 12.5. The molecule has 0 rings (SSSR count). The second-order valence-electron chi connectivity index (χ2n) is 18.5. The van der Waals surface area contributed by atoms with E-state index < -0.39 is 12.1 Å². The number of hydrogen-bond donors (Lipinski definition) is 7. The zero-order valence-electron chi connectivity index (χ0n) is 43.0. The minimum Gasteiger partial charge on any atom is -0.356 e. The van der Waals surface area contributed by atoms with E-state index in [0.717, 1.165) is 83.5 Å². The molecule has 0 spiro atoms. The van der Waals surface area contributed by atoms with Crippen molar-refractivity contribution >= 4 is 29.4 Å². The van der Waals surface area contributed by atoms with Gasteiger partial charge in [0.1, 0.15) is 5.78 Å². The molecule has 0 bridgehead atoms. The van der Waals surface area contributed by atoms with Crippen LogP contribution in [0.1, 0.15) is 206 Å². The van der Waals surface area contributed by atoms with Crippen LogP contribution in [0.3, 0.4) is 0 Å². The number of amides is 4. The number of Topliss-reactive ketones (excluding diaryl/α,β-unsaturated/α-hetero) is 1. The minimum absolute atomic E-state index is 0.00432. The third-order valence-corrected chi connectivity index (χ3v) is 12.2. The van der Waals surface area contributed by atoms with E-state index in [1.807, 2.05) is 11.0 Å². The fraction of sp³-hybridized carbons (Fsp3) is 0.830. The number of unbranched alkanes of at least 4 members (excludes halogenated alkanes) is 15. The number of hydrogen-bond acceptors (Lipinski definition) is 10. The van der Waals surface area contributed by atoms with E-state index in [1.165, 1.54) is 57.8 Å². The van der Waals surface area contributed by atoms with Gasteiger partial charge in [-0.05, 0) is 129 Å². The van der Waals surface area contributed by atoms with Crippen LogP contribution in [0.4, 0.5) is 0 Å². The number of allylic oxidation sites excluding steroid dienone is 4. The first-order valence-electron chi connectivity index (χ1n) is 27.1. The topological polar surface area (TPSA) is 232 Å². The first-order chi connectivity index (χ1) is 32.6. The third-order valence-electron chi connectivity index (χ3n) is 12.2. The van der Waals surface area contributed by atoms with Gasteiger partial charge in [0, 0.05) is 58.5 Å². The zero-order valence-corrected chi connectivity index (χ0v) is 43.0. The van der Waals surface area contributed by atoms with Gasteiger partial charge in [-0.25, -0.2) is 0 Å². The Hall–Kier alpha value is -3.17. The molecule has 0 saturated carbocycles. The number of carbonyl (C=O) groups excluding carboxylic acids is 5.